The molecule has 0 aromatic rings. The van der Waals surface area contributed by atoms with Crippen LogP contribution in [0.15, 0.2) is 0 Å². The Kier molecular flexibility index (Phi) is 5.86. The molecule has 1 unspecified atom stereocenters. The summed E-state index contributed by atoms with van der Waals surface area (Å²) >= 11 is 0. The molecular weight excluding hydrogens is 252 g/mol. The maximum atomic E-state index is 12.0. The Morgan fingerprint density at radius 2 is 1.70 bits per heavy atom. The van der Waals surface area contributed by atoms with Crippen molar-refractivity contribution >= 4 is 11.8 Å². The van der Waals surface area contributed by atoms with Gasteiger partial charge in [0.05, 0.1) is 6.54 Å². The number of nitrogens with zero attached hydrogens (tertiary/aromatic N) is 1. The first-order valence-electron chi connectivity index (χ1n) is 8.31. The van der Waals surface area contributed by atoms with E-state index in [0.29, 0.717) is 5.92 Å². The first kappa shape index (κ1) is 15.3. The van der Waals surface area contributed by atoms with Gasteiger partial charge in [0.2, 0.25) is 11.8 Å². The van der Waals surface area contributed by atoms with E-state index in [-0.39, 0.29) is 24.4 Å². The van der Waals surface area contributed by atoms with Crippen LogP contribution >= 0.6 is 0 Å². The molecule has 0 radical (unpaired) electrons. The third-order valence-corrected chi connectivity index (χ3v) is 4.41. The van der Waals surface area contributed by atoms with Crippen LogP contribution in [0.25, 0.3) is 0 Å². The number of hydrogen-bond donors (Lipinski definition) is 1. The highest BCUT2D eigenvalue weighted by molar-refractivity contribution is 5.95. The summed E-state index contributed by atoms with van der Waals surface area (Å²) < 4.78 is 0. The van der Waals surface area contributed by atoms with E-state index in [1.165, 1.54) is 38.5 Å². The average Bonchev–Trinajstić information content (AvgIpc) is 3.26. The molecule has 1 saturated carbocycles. The van der Waals surface area contributed by atoms with Crippen molar-refractivity contribution in [3.63, 3.8) is 0 Å². The summed E-state index contributed by atoms with van der Waals surface area (Å²) in [5, 5.41) is 2.73. The second-order valence-electron chi connectivity index (χ2n) is 6.21. The van der Waals surface area contributed by atoms with Gasteiger partial charge in [-0.25, -0.2) is 0 Å². The molecule has 114 valence electrons. The highest BCUT2D eigenvalue weighted by Crippen LogP contribution is 2.36. The van der Waals surface area contributed by atoms with Gasteiger partial charge in [-0.1, -0.05) is 45.4 Å². The predicted octanol–water partition coefficient (Wildman–Crippen LogP) is 2.47. The number of nitrogens with one attached hydrogen (secondary N) is 1. The average molecular weight is 280 g/mol. The number of carbonyl (C=O) groups excluding carboxylic acids is 2. The largest absolute Gasteiger partial charge is 0.345 e. The van der Waals surface area contributed by atoms with Gasteiger partial charge in [0, 0.05) is 6.54 Å². The van der Waals surface area contributed by atoms with Crippen LogP contribution in [0.4, 0.5) is 0 Å². The molecule has 1 heterocycles. The lowest BCUT2D eigenvalue weighted by atomic mass is 10.1. The Labute approximate surface area is 122 Å². The van der Waals surface area contributed by atoms with E-state index in [4.69, 9.17) is 0 Å². The Morgan fingerprint density at radius 1 is 1.05 bits per heavy atom. The molecule has 0 aromatic carbocycles. The first-order valence-corrected chi connectivity index (χ1v) is 8.31. The lowest BCUT2D eigenvalue weighted by Gasteiger charge is -2.35. The second-order valence-corrected chi connectivity index (χ2v) is 6.21. The Morgan fingerprint density at radius 3 is 2.35 bits per heavy atom. The fourth-order valence-electron chi connectivity index (χ4n) is 3.05. The van der Waals surface area contributed by atoms with Gasteiger partial charge in [0.1, 0.15) is 6.04 Å². The molecule has 1 saturated heterocycles. The van der Waals surface area contributed by atoms with E-state index in [9.17, 15) is 9.59 Å². The fraction of sp³-hybridized carbons (Fsp3) is 0.875. The standard InChI is InChI=1S/C16H28N2O2/c1-2-3-4-5-6-7-8-11-18-14(19)12-17-16(20)15(18)13-9-10-13/h13,15H,2-12H2,1H3,(H,17,20). The summed E-state index contributed by atoms with van der Waals surface area (Å²) in [7, 11) is 0. The summed E-state index contributed by atoms with van der Waals surface area (Å²) in [5.74, 6) is 0.589. The van der Waals surface area contributed by atoms with Gasteiger partial charge in [-0.05, 0) is 25.2 Å². The lowest BCUT2D eigenvalue weighted by Crippen LogP contribution is -2.59. The SMILES string of the molecule is CCCCCCCCCN1C(=O)CNC(=O)C1C1CC1. The van der Waals surface area contributed by atoms with Crippen molar-refractivity contribution < 1.29 is 9.59 Å². The Bertz CT molecular complexity index is 339. The molecule has 0 spiro atoms. The van der Waals surface area contributed by atoms with E-state index < -0.39 is 0 Å². The molecule has 1 atom stereocenters. The summed E-state index contributed by atoms with van der Waals surface area (Å²) in [4.78, 5) is 25.8. The van der Waals surface area contributed by atoms with Crippen molar-refractivity contribution in [2.45, 2.75) is 70.8 Å². The summed E-state index contributed by atoms with van der Waals surface area (Å²) in [6.07, 6.45) is 10.9. The summed E-state index contributed by atoms with van der Waals surface area (Å²) in [6, 6.07) is -0.170. The Hall–Kier alpha value is -1.06. The number of carbonyl (C=O) groups is 2. The fourth-order valence-corrected chi connectivity index (χ4v) is 3.05. The van der Waals surface area contributed by atoms with Crippen molar-refractivity contribution in [1.29, 1.82) is 0 Å². The molecule has 2 aliphatic rings. The topological polar surface area (TPSA) is 49.4 Å². The molecule has 20 heavy (non-hydrogen) atoms. The van der Waals surface area contributed by atoms with Gasteiger partial charge in [-0.3, -0.25) is 9.59 Å². The highest BCUT2D eigenvalue weighted by atomic mass is 16.2. The van der Waals surface area contributed by atoms with Gasteiger partial charge in [0.15, 0.2) is 0 Å². The molecular formula is C16H28N2O2. The van der Waals surface area contributed by atoms with Crippen LogP contribution in [0.2, 0.25) is 0 Å². The van der Waals surface area contributed by atoms with Crippen molar-refractivity contribution in [1.82, 2.24) is 10.2 Å². The minimum atomic E-state index is -0.170. The summed E-state index contributed by atoms with van der Waals surface area (Å²) in [5.41, 5.74) is 0. The van der Waals surface area contributed by atoms with Gasteiger partial charge in [0.25, 0.3) is 0 Å². The molecule has 1 aliphatic heterocycles. The molecule has 4 heteroatoms. The predicted molar refractivity (Wildman–Crippen MR) is 79.2 cm³/mol. The molecule has 0 aromatic heterocycles. The zero-order valence-electron chi connectivity index (χ0n) is 12.7. The van der Waals surface area contributed by atoms with E-state index >= 15 is 0 Å². The second kappa shape index (κ2) is 7.65. The van der Waals surface area contributed by atoms with Crippen LogP contribution in [-0.2, 0) is 9.59 Å². The van der Waals surface area contributed by atoms with Gasteiger partial charge >= 0.3 is 0 Å². The van der Waals surface area contributed by atoms with Crippen LogP contribution in [0.1, 0.15) is 64.7 Å². The van der Waals surface area contributed by atoms with Crippen molar-refractivity contribution in [3.8, 4) is 0 Å². The molecule has 4 nitrogen and oxygen atoms in total. The maximum Gasteiger partial charge on any atom is 0.243 e. The van der Waals surface area contributed by atoms with Crippen LogP contribution in [0, 0.1) is 5.92 Å². The number of unbranched alkanes of at least 4 members (excludes halogenated alkanes) is 6. The quantitative estimate of drug-likeness (QED) is 0.660. The van der Waals surface area contributed by atoms with Gasteiger partial charge in [-0.2, -0.15) is 0 Å². The van der Waals surface area contributed by atoms with Gasteiger partial charge < -0.3 is 10.2 Å². The third-order valence-electron chi connectivity index (χ3n) is 4.41. The molecule has 2 rings (SSSR count). The monoisotopic (exact) mass is 280 g/mol. The van der Waals surface area contributed by atoms with Crippen LogP contribution in [0.5, 0.6) is 0 Å². The highest BCUT2D eigenvalue weighted by Gasteiger charge is 2.44. The molecule has 1 aliphatic carbocycles. The maximum absolute atomic E-state index is 12.0. The zero-order chi connectivity index (χ0) is 14.4. The molecule has 2 fully saturated rings. The van der Waals surface area contributed by atoms with E-state index in [1.54, 1.807) is 0 Å². The van der Waals surface area contributed by atoms with Crippen molar-refractivity contribution in [2.24, 2.45) is 5.92 Å². The smallest absolute Gasteiger partial charge is 0.243 e. The normalized spacial score (nSPS) is 23.1. The van der Waals surface area contributed by atoms with E-state index in [2.05, 4.69) is 12.2 Å². The van der Waals surface area contributed by atoms with E-state index in [1.807, 2.05) is 4.90 Å². The number of rotatable bonds is 9. The number of hydrogen-bond acceptors (Lipinski definition) is 2. The molecule has 2 amide bonds. The number of piperazine rings is 1. The first-order chi connectivity index (χ1) is 9.74. The van der Waals surface area contributed by atoms with Gasteiger partial charge in [-0.15, -0.1) is 0 Å². The zero-order valence-corrected chi connectivity index (χ0v) is 12.7. The molecule has 0 bridgehead atoms. The van der Waals surface area contributed by atoms with Crippen molar-refractivity contribution in [2.75, 3.05) is 13.1 Å². The molecule has 1 N–H and O–H groups in total. The Balaban J connectivity index is 1.69. The van der Waals surface area contributed by atoms with Crippen LogP contribution in [-0.4, -0.2) is 35.8 Å². The third kappa shape index (κ3) is 4.22. The number of amides is 2. The summed E-state index contributed by atoms with van der Waals surface area (Å²) in [6.45, 7) is 3.19. The van der Waals surface area contributed by atoms with Crippen molar-refractivity contribution in [3.05, 3.63) is 0 Å². The minimum absolute atomic E-state index is 0.0649. The van der Waals surface area contributed by atoms with Crippen LogP contribution < -0.4 is 5.32 Å². The minimum Gasteiger partial charge on any atom is -0.345 e. The lowest BCUT2D eigenvalue weighted by molar-refractivity contribution is -0.146. The van der Waals surface area contributed by atoms with E-state index in [0.717, 1.165) is 25.8 Å². The van der Waals surface area contributed by atoms with Crippen LogP contribution in [0.3, 0.4) is 0 Å².